The maximum Gasteiger partial charge on any atom is 0.262 e. The van der Waals surface area contributed by atoms with E-state index in [0.717, 1.165) is 11.1 Å². The van der Waals surface area contributed by atoms with E-state index in [2.05, 4.69) is 10.0 Å². The summed E-state index contributed by atoms with van der Waals surface area (Å²) in [7, 11) is -1.08. The van der Waals surface area contributed by atoms with Crippen molar-refractivity contribution in [1.82, 2.24) is 0 Å². The van der Waals surface area contributed by atoms with Crippen molar-refractivity contribution in [1.29, 1.82) is 0 Å². The number of para-hydroxylation sites is 2. The van der Waals surface area contributed by atoms with Gasteiger partial charge in [0.25, 0.3) is 15.9 Å². The van der Waals surface area contributed by atoms with Gasteiger partial charge in [-0.05, 0) is 60.4 Å². The van der Waals surface area contributed by atoms with Gasteiger partial charge in [-0.1, -0.05) is 38.1 Å². The molecule has 0 aromatic heterocycles. The SMILES string of the molecule is COc1ccc(S(=O)(=O)Nc2ccccc2OC)cc1NC(=O)COc1cc(C)ccc1C(C)C. The van der Waals surface area contributed by atoms with Crippen molar-refractivity contribution >= 4 is 27.3 Å². The molecule has 0 aliphatic rings. The third-order valence-electron chi connectivity index (χ3n) is 5.26. The molecule has 8 nitrogen and oxygen atoms in total. The number of benzene rings is 3. The summed E-state index contributed by atoms with van der Waals surface area (Å²) in [5.41, 5.74) is 2.52. The second-order valence-electron chi connectivity index (χ2n) is 8.20. The normalized spacial score (nSPS) is 11.1. The van der Waals surface area contributed by atoms with E-state index in [9.17, 15) is 13.2 Å². The van der Waals surface area contributed by atoms with E-state index in [4.69, 9.17) is 14.2 Å². The Morgan fingerprint density at radius 2 is 1.57 bits per heavy atom. The average Bonchev–Trinajstić information content (AvgIpc) is 2.82. The Morgan fingerprint density at radius 3 is 2.26 bits per heavy atom. The number of carbonyl (C=O) groups is 1. The number of rotatable bonds is 10. The first-order valence-corrected chi connectivity index (χ1v) is 12.5. The van der Waals surface area contributed by atoms with Crippen LogP contribution >= 0.6 is 0 Å². The molecular formula is C26H30N2O6S. The van der Waals surface area contributed by atoms with Crippen LogP contribution in [-0.4, -0.2) is 35.2 Å². The van der Waals surface area contributed by atoms with E-state index in [-0.39, 0.29) is 23.1 Å². The molecular weight excluding hydrogens is 468 g/mol. The summed E-state index contributed by atoms with van der Waals surface area (Å²) in [4.78, 5) is 12.6. The van der Waals surface area contributed by atoms with Crippen LogP contribution in [0.5, 0.6) is 17.2 Å². The minimum atomic E-state index is -3.97. The predicted octanol–water partition coefficient (Wildman–Crippen LogP) is 4.95. The smallest absolute Gasteiger partial charge is 0.262 e. The van der Waals surface area contributed by atoms with Gasteiger partial charge in [0.05, 0.1) is 30.5 Å². The van der Waals surface area contributed by atoms with Gasteiger partial charge in [-0.25, -0.2) is 8.42 Å². The molecule has 2 N–H and O–H groups in total. The van der Waals surface area contributed by atoms with Crippen LogP contribution in [0.2, 0.25) is 0 Å². The molecule has 0 bridgehead atoms. The molecule has 0 saturated heterocycles. The number of amides is 1. The molecule has 0 aliphatic carbocycles. The Hall–Kier alpha value is -3.72. The molecule has 0 atom stereocenters. The Balaban J connectivity index is 1.79. The zero-order chi connectivity index (χ0) is 25.6. The largest absolute Gasteiger partial charge is 0.495 e. The van der Waals surface area contributed by atoms with Gasteiger partial charge in [-0.2, -0.15) is 0 Å². The lowest BCUT2D eigenvalue weighted by Gasteiger charge is -2.16. The summed E-state index contributed by atoms with van der Waals surface area (Å²) in [6.45, 7) is 5.80. The van der Waals surface area contributed by atoms with Crippen LogP contribution in [0.3, 0.4) is 0 Å². The van der Waals surface area contributed by atoms with E-state index in [1.807, 2.05) is 39.0 Å². The van der Waals surface area contributed by atoms with Crippen molar-refractivity contribution in [2.75, 3.05) is 30.9 Å². The number of carbonyl (C=O) groups excluding carboxylic acids is 1. The molecule has 0 spiro atoms. The molecule has 9 heteroatoms. The molecule has 0 radical (unpaired) electrons. The molecule has 0 fully saturated rings. The molecule has 3 rings (SSSR count). The lowest BCUT2D eigenvalue weighted by molar-refractivity contribution is -0.118. The molecule has 0 unspecified atom stereocenters. The maximum absolute atomic E-state index is 13.0. The fourth-order valence-electron chi connectivity index (χ4n) is 3.46. The van der Waals surface area contributed by atoms with E-state index in [0.29, 0.717) is 22.9 Å². The Morgan fingerprint density at radius 1 is 0.886 bits per heavy atom. The molecule has 0 aliphatic heterocycles. The molecule has 0 heterocycles. The highest BCUT2D eigenvalue weighted by molar-refractivity contribution is 7.92. The summed E-state index contributed by atoms with van der Waals surface area (Å²) in [6, 6.07) is 16.7. The first-order chi connectivity index (χ1) is 16.6. The summed E-state index contributed by atoms with van der Waals surface area (Å²) >= 11 is 0. The van der Waals surface area contributed by atoms with Crippen LogP contribution in [0.1, 0.15) is 30.9 Å². The van der Waals surface area contributed by atoms with E-state index < -0.39 is 15.9 Å². The van der Waals surface area contributed by atoms with Gasteiger partial charge in [-0.15, -0.1) is 0 Å². The summed E-state index contributed by atoms with van der Waals surface area (Å²) < 4.78 is 44.8. The third-order valence-corrected chi connectivity index (χ3v) is 6.62. The number of sulfonamides is 1. The number of nitrogens with one attached hydrogen (secondary N) is 2. The van der Waals surface area contributed by atoms with E-state index >= 15 is 0 Å². The van der Waals surface area contributed by atoms with Crippen molar-refractivity contribution in [3.8, 4) is 17.2 Å². The molecule has 3 aromatic rings. The molecule has 0 saturated carbocycles. The van der Waals surface area contributed by atoms with Gasteiger partial charge < -0.3 is 19.5 Å². The number of ether oxygens (including phenoxy) is 3. The van der Waals surface area contributed by atoms with E-state index in [1.165, 1.54) is 32.4 Å². The summed E-state index contributed by atoms with van der Waals surface area (Å²) in [5.74, 6) is 1.11. The van der Waals surface area contributed by atoms with Gasteiger partial charge in [0.1, 0.15) is 17.2 Å². The minimum Gasteiger partial charge on any atom is -0.495 e. The van der Waals surface area contributed by atoms with Crippen LogP contribution in [0.25, 0.3) is 0 Å². The first kappa shape index (κ1) is 25.9. The van der Waals surface area contributed by atoms with Crippen molar-refractivity contribution < 1.29 is 27.4 Å². The Kier molecular flexibility index (Phi) is 8.24. The molecule has 3 aromatic carbocycles. The lowest BCUT2D eigenvalue weighted by atomic mass is 10.0. The number of methoxy groups -OCH3 is 2. The average molecular weight is 499 g/mol. The lowest BCUT2D eigenvalue weighted by Crippen LogP contribution is -2.21. The topological polar surface area (TPSA) is 103 Å². The van der Waals surface area contributed by atoms with Gasteiger partial charge in [-0.3, -0.25) is 9.52 Å². The van der Waals surface area contributed by atoms with Crippen LogP contribution in [0.15, 0.2) is 65.6 Å². The molecule has 186 valence electrons. The van der Waals surface area contributed by atoms with Crippen molar-refractivity contribution in [3.05, 3.63) is 71.8 Å². The number of hydrogen-bond acceptors (Lipinski definition) is 6. The van der Waals surface area contributed by atoms with Crippen molar-refractivity contribution in [2.45, 2.75) is 31.6 Å². The number of hydrogen-bond donors (Lipinski definition) is 2. The zero-order valence-electron chi connectivity index (χ0n) is 20.4. The summed E-state index contributed by atoms with van der Waals surface area (Å²) in [5, 5.41) is 2.69. The summed E-state index contributed by atoms with van der Waals surface area (Å²) in [6.07, 6.45) is 0. The van der Waals surface area contributed by atoms with Crippen LogP contribution in [0, 0.1) is 6.92 Å². The molecule has 1 amide bonds. The maximum atomic E-state index is 13.0. The van der Waals surface area contributed by atoms with Gasteiger partial charge in [0.2, 0.25) is 0 Å². The van der Waals surface area contributed by atoms with Crippen molar-refractivity contribution in [2.24, 2.45) is 0 Å². The monoisotopic (exact) mass is 498 g/mol. The standard InChI is InChI=1S/C26H30N2O6S/c1-17(2)20-12-10-18(3)14-25(20)34-16-26(29)27-22-15-19(11-13-24(22)33-5)35(30,31)28-21-8-6-7-9-23(21)32-4/h6-15,17,28H,16H2,1-5H3,(H,27,29). The Labute approximate surface area is 206 Å². The highest BCUT2D eigenvalue weighted by Crippen LogP contribution is 2.31. The zero-order valence-corrected chi connectivity index (χ0v) is 21.2. The Bertz CT molecular complexity index is 1300. The fourth-order valence-corrected chi connectivity index (χ4v) is 4.55. The highest BCUT2D eigenvalue weighted by atomic mass is 32.2. The second-order valence-corrected chi connectivity index (χ2v) is 9.88. The predicted molar refractivity (Wildman–Crippen MR) is 136 cm³/mol. The van der Waals surface area contributed by atoms with E-state index in [1.54, 1.807) is 24.3 Å². The first-order valence-electron chi connectivity index (χ1n) is 11.0. The van der Waals surface area contributed by atoms with Gasteiger partial charge >= 0.3 is 0 Å². The van der Waals surface area contributed by atoms with Crippen LogP contribution in [-0.2, 0) is 14.8 Å². The van der Waals surface area contributed by atoms with Crippen LogP contribution < -0.4 is 24.2 Å². The van der Waals surface area contributed by atoms with Gasteiger partial charge in [0, 0.05) is 0 Å². The van der Waals surface area contributed by atoms with Gasteiger partial charge in [0.15, 0.2) is 6.61 Å². The number of aryl methyl sites for hydroxylation is 1. The minimum absolute atomic E-state index is 0.0544. The second kappa shape index (κ2) is 11.1. The third kappa shape index (κ3) is 6.45. The number of anilines is 2. The van der Waals surface area contributed by atoms with Crippen molar-refractivity contribution in [3.63, 3.8) is 0 Å². The fraction of sp³-hybridized carbons (Fsp3) is 0.269. The molecule has 35 heavy (non-hydrogen) atoms. The van der Waals surface area contributed by atoms with Crippen LogP contribution in [0.4, 0.5) is 11.4 Å². The quantitative estimate of drug-likeness (QED) is 0.410. The highest BCUT2D eigenvalue weighted by Gasteiger charge is 2.20.